The Morgan fingerprint density at radius 3 is 2.30 bits per heavy atom. The maximum Gasteiger partial charge on any atom is 0.267 e. The number of carbonyl (C=O) groups excluding carboxylic acids is 2. The molecule has 0 bridgehead atoms. The zero-order valence-electron chi connectivity index (χ0n) is 12.7. The van der Waals surface area contributed by atoms with Crippen molar-refractivity contribution in [2.24, 2.45) is 0 Å². The predicted octanol–water partition coefficient (Wildman–Crippen LogP) is 3.36. The smallest absolute Gasteiger partial charge is 0.267 e. The van der Waals surface area contributed by atoms with Crippen molar-refractivity contribution in [2.75, 3.05) is 6.54 Å². The molecule has 0 heterocycles. The number of halogens is 1. The standard InChI is InChI=1S/C18H17BrN2O2/c1-2-20-18(23)16(12-13-8-10-15(19)11-9-13)21-17(22)14-6-4-3-5-7-14/h3-12H,2H2,1H3,(H,20,23)(H,21,22)/b16-12-. The lowest BCUT2D eigenvalue weighted by Crippen LogP contribution is -2.34. The molecule has 4 nitrogen and oxygen atoms in total. The molecule has 118 valence electrons. The number of carbonyl (C=O) groups is 2. The number of hydrogen-bond acceptors (Lipinski definition) is 2. The second-order valence-corrected chi connectivity index (χ2v) is 5.70. The summed E-state index contributed by atoms with van der Waals surface area (Å²) in [6.45, 7) is 2.31. The molecule has 2 rings (SSSR count). The first kappa shape index (κ1) is 17.0. The van der Waals surface area contributed by atoms with Crippen LogP contribution in [0.1, 0.15) is 22.8 Å². The minimum Gasteiger partial charge on any atom is -0.351 e. The maximum atomic E-state index is 12.3. The van der Waals surface area contributed by atoms with E-state index in [1.165, 1.54) is 0 Å². The van der Waals surface area contributed by atoms with Gasteiger partial charge in [0.2, 0.25) is 0 Å². The van der Waals surface area contributed by atoms with Gasteiger partial charge in [-0.2, -0.15) is 0 Å². The lowest BCUT2D eigenvalue weighted by molar-refractivity contribution is -0.117. The van der Waals surface area contributed by atoms with Gasteiger partial charge in [0, 0.05) is 16.6 Å². The minimum atomic E-state index is -0.320. The first-order valence-electron chi connectivity index (χ1n) is 7.22. The van der Waals surface area contributed by atoms with Crippen LogP contribution in [0.3, 0.4) is 0 Å². The Balaban J connectivity index is 2.25. The highest BCUT2D eigenvalue weighted by Gasteiger charge is 2.13. The van der Waals surface area contributed by atoms with E-state index in [4.69, 9.17) is 0 Å². The molecule has 0 unspecified atom stereocenters. The first-order valence-corrected chi connectivity index (χ1v) is 8.01. The fraction of sp³-hybridized carbons (Fsp3) is 0.111. The summed E-state index contributed by atoms with van der Waals surface area (Å²) in [6.07, 6.45) is 1.65. The zero-order chi connectivity index (χ0) is 16.7. The number of benzene rings is 2. The molecule has 0 radical (unpaired) electrons. The Morgan fingerprint density at radius 1 is 1.04 bits per heavy atom. The van der Waals surface area contributed by atoms with E-state index < -0.39 is 0 Å². The Kier molecular flexibility index (Phi) is 6.11. The zero-order valence-corrected chi connectivity index (χ0v) is 14.3. The predicted molar refractivity (Wildman–Crippen MR) is 94.7 cm³/mol. The van der Waals surface area contributed by atoms with E-state index >= 15 is 0 Å². The van der Waals surface area contributed by atoms with Gasteiger partial charge in [-0.1, -0.05) is 46.3 Å². The maximum absolute atomic E-state index is 12.3. The van der Waals surface area contributed by atoms with E-state index in [1.807, 2.05) is 37.3 Å². The quantitative estimate of drug-likeness (QED) is 0.790. The topological polar surface area (TPSA) is 58.2 Å². The van der Waals surface area contributed by atoms with Crippen molar-refractivity contribution in [1.29, 1.82) is 0 Å². The lowest BCUT2D eigenvalue weighted by Gasteiger charge is -2.10. The second kappa shape index (κ2) is 8.29. The summed E-state index contributed by atoms with van der Waals surface area (Å²) in [5.74, 6) is -0.639. The van der Waals surface area contributed by atoms with Gasteiger partial charge in [-0.15, -0.1) is 0 Å². The molecule has 2 aromatic rings. The number of hydrogen-bond donors (Lipinski definition) is 2. The summed E-state index contributed by atoms with van der Waals surface area (Å²) < 4.78 is 0.947. The van der Waals surface area contributed by atoms with Gasteiger partial charge in [0.05, 0.1) is 0 Å². The summed E-state index contributed by atoms with van der Waals surface area (Å²) in [6, 6.07) is 16.3. The normalized spacial score (nSPS) is 11.0. The number of likely N-dealkylation sites (N-methyl/N-ethyl adjacent to an activating group) is 1. The van der Waals surface area contributed by atoms with Crippen molar-refractivity contribution in [3.63, 3.8) is 0 Å². The van der Waals surface area contributed by atoms with Crippen LogP contribution in [0.2, 0.25) is 0 Å². The second-order valence-electron chi connectivity index (χ2n) is 4.79. The Morgan fingerprint density at radius 2 is 1.70 bits per heavy atom. The summed E-state index contributed by atoms with van der Waals surface area (Å²) in [4.78, 5) is 24.4. The fourth-order valence-electron chi connectivity index (χ4n) is 1.92. The van der Waals surface area contributed by atoms with Crippen molar-refractivity contribution in [3.8, 4) is 0 Å². The third-order valence-electron chi connectivity index (χ3n) is 3.05. The van der Waals surface area contributed by atoms with Crippen LogP contribution in [0.5, 0.6) is 0 Å². The molecule has 2 aromatic carbocycles. The Labute approximate surface area is 143 Å². The van der Waals surface area contributed by atoms with Crippen molar-refractivity contribution < 1.29 is 9.59 Å². The number of nitrogens with one attached hydrogen (secondary N) is 2. The van der Waals surface area contributed by atoms with Crippen LogP contribution >= 0.6 is 15.9 Å². The van der Waals surface area contributed by atoms with Crippen LogP contribution in [0.15, 0.2) is 64.8 Å². The van der Waals surface area contributed by atoms with Crippen LogP contribution in [0, 0.1) is 0 Å². The van der Waals surface area contributed by atoms with Crippen LogP contribution < -0.4 is 10.6 Å². The summed E-state index contributed by atoms with van der Waals surface area (Å²) in [5, 5.41) is 5.38. The molecular formula is C18H17BrN2O2. The van der Waals surface area contributed by atoms with E-state index in [9.17, 15) is 9.59 Å². The minimum absolute atomic E-state index is 0.211. The molecule has 0 saturated heterocycles. The number of amides is 2. The first-order chi connectivity index (χ1) is 11.1. The highest BCUT2D eigenvalue weighted by Crippen LogP contribution is 2.13. The van der Waals surface area contributed by atoms with Crippen LogP contribution in [-0.4, -0.2) is 18.4 Å². The highest BCUT2D eigenvalue weighted by molar-refractivity contribution is 9.10. The van der Waals surface area contributed by atoms with Gasteiger partial charge in [-0.25, -0.2) is 0 Å². The summed E-state index contributed by atoms with van der Waals surface area (Å²) in [5.41, 5.74) is 1.53. The molecule has 2 N–H and O–H groups in total. The average molecular weight is 373 g/mol. The van der Waals surface area contributed by atoms with Gasteiger partial charge in [-0.3, -0.25) is 9.59 Å². The molecule has 23 heavy (non-hydrogen) atoms. The molecular weight excluding hydrogens is 356 g/mol. The third-order valence-corrected chi connectivity index (χ3v) is 3.58. The van der Waals surface area contributed by atoms with Crippen molar-refractivity contribution in [2.45, 2.75) is 6.92 Å². The SMILES string of the molecule is CCNC(=O)/C(=C/c1ccc(Br)cc1)NC(=O)c1ccccc1. The fourth-order valence-corrected chi connectivity index (χ4v) is 2.19. The van der Waals surface area contributed by atoms with Gasteiger partial charge in [-0.05, 0) is 42.8 Å². The molecule has 0 aromatic heterocycles. The van der Waals surface area contributed by atoms with Crippen molar-refractivity contribution in [1.82, 2.24) is 10.6 Å². The summed E-state index contributed by atoms with van der Waals surface area (Å²) in [7, 11) is 0. The van der Waals surface area contributed by atoms with Gasteiger partial charge >= 0.3 is 0 Å². The van der Waals surface area contributed by atoms with E-state index in [0.717, 1.165) is 10.0 Å². The molecule has 0 aliphatic carbocycles. The number of rotatable bonds is 5. The van der Waals surface area contributed by atoms with E-state index in [1.54, 1.807) is 30.3 Å². The van der Waals surface area contributed by atoms with Gasteiger partial charge in [0.25, 0.3) is 11.8 Å². The molecule has 0 aliphatic heterocycles. The van der Waals surface area contributed by atoms with Crippen LogP contribution in [-0.2, 0) is 4.79 Å². The van der Waals surface area contributed by atoms with E-state index in [-0.39, 0.29) is 17.5 Å². The van der Waals surface area contributed by atoms with Gasteiger partial charge in [0.15, 0.2) is 0 Å². The Bertz CT molecular complexity index is 710. The van der Waals surface area contributed by atoms with Gasteiger partial charge < -0.3 is 10.6 Å². The van der Waals surface area contributed by atoms with Crippen LogP contribution in [0.4, 0.5) is 0 Å². The molecule has 2 amide bonds. The van der Waals surface area contributed by atoms with Crippen molar-refractivity contribution >= 4 is 33.8 Å². The molecule has 0 fully saturated rings. The Hall–Kier alpha value is -2.40. The lowest BCUT2D eigenvalue weighted by atomic mass is 10.1. The van der Waals surface area contributed by atoms with Crippen LogP contribution in [0.25, 0.3) is 6.08 Å². The summed E-state index contributed by atoms with van der Waals surface area (Å²) >= 11 is 3.37. The molecule has 0 spiro atoms. The molecule has 0 aliphatic rings. The highest BCUT2D eigenvalue weighted by atomic mass is 79.9. The molecule has 0 saturated carbocycles. The molecule has 5 heteroatoms. The average Bonchev–Trinajstić information content (AvgIpc) is 2.57. The third kappa shape index (κ3) is 5.07. The monoisotopic (exact) mass is 372 g/mol. The largest absolute Gasteiger partial charge is 0.351 e. The van der Waals surface area contributed by atoms with E-state index in [2.05, 4.69) is 26.6 Å². The van der Waals surface area contributed by atoms with Gasteiger partial charge in [0.1, 0.15) is 5.70 Å². The molecule has 0 atom stereocenters. The van der Waals surface area contributed by atoms with E-state index in [0.29, 0.717) is 12.1 Å². The van der Waals surface area contributed by atoms with Crippen molar-refractivity contribution in [3.05, 3.63) is 75.9 Å².